The molecule has 1 heterocycles. The Balaban J connectivity index is 2.31. The molecule has 16 heavy (non-hydrogen) atoms. The van der Waals surface area contributed by atoms with Crippen LogP contribution in [0.2, 0.25) is 0 Å². The molecule has 0 fully saturated rings. The number of hydrogen-bond donors (Lipinski definition) is 1. The fourth-order valence-corrected chi connectivity index (χ4v) is 1.65. The largest absolute Gasteiger partial charge is 0.330 e. The zero-order valence-corrected chi connectivity index (χ0v) is 9.64. The molecule has 1 aromatic carbocycles. The van der Waals surface area contributed by atoms with E-state index in [9.17, 15) is 0 Å². The van der Waals surface area contributed by atoms with Crippen molar-refractivity contribution < 1.29 is 0 Å². The highest BCUT2D eigenvalue weighted by atomic mass is 15.3. The second-order valence-electron chi connectivity index (χ2n) is 3.87. The van der Waals surface area contributed by atoms with E-state index in [1.165, 1.54) is 5.56 Å². The van der Waals surface area contributed by atoms with Gasteiger partial charge in [0, 0.05) is 12.6 Å². The van der Waals surface area contributed by atoms with E-state index in [-0.39, 0.29) is 0 Å². The van der Waals surface area contributed by atoms with Crippen LogP contribution in [0.25, 0.3) is 11.4 Å². The van der Waals surface area contributed by atoms with Gasteiger partial charge in [-0.2, -0.15) is 0 Å². The van der Waals surface area contributed by atoms with Gasteiger partial charge in [0.25, 0.3) is 0 Å². The van der Waals surface area contributed by atoms with Crippen LogP contribution in [-0.4, -0.2) is 21.3 Å². The van der Waals surface area contributed by atoms with Crippen molar-refractivity contribution in [2.75, 3.05) is 6.54 Å². The molecule has 4 nitrogen and oxygen atoms in total. The summed E-state index contributed by atoms with van der Waals surface area (Å²) >= 11 is 0. The Kier molecular flexibility index (Phi) is 3.01. The Morgan fingerprint density at radius 1 is 1.19 bits per heavy atom. The molecule has 2 rings (SSSR count). The Bertz CT molecular complexity index is 470. The van der Waals surface area contributed by atoms with Crippen LogP contribution < -0.4 is 5.73 Å². The van der Waals surface area contributed by atoms with Gasteiger partial charge in [0.15, 0.2) is 5.82 Å². The molecule has 4 heteroatoms. The van der Waals surface area contributed by atoms with Crippen molar-refractivity contribution in [2.24, 2.45) is 12.8 Å². The first-order valence-corrected chi connectivity index (χ1v) is 5.37. The second-order valence-corrected chi connectivity index (χ2v) is 3.87. The van der Waals surface area contributed by atoms with E-state index < -0.39 is 0 Å². The summed E-state index contributed by atoms with van der Waals surface area (Å²) < 4.78 is 1.98. The number of hydrogen-bond acceptors (Lipinski definition) is 3. The van der Waals surface area contributed by atoms with E-state index in [2.05, 4.69) is 34.5 Å². The van der Waals surface area contributed by atoms with Crippen LogP contribution in [0, 0.1) is 6.92 Å². The van der Waals surface area contributed by atoms with Crippen LogP contribution in [0.15, 0.2) is 24.3 Å². The van der Waals surface area contributed by atoms with E-state index in [0.717, 1.165) is 23.6 Å². The minimum Gasteiger partial charge on any atom is -0.330 e. The molecule has 0 spiro atoms. The first-order valence-electron chi connectivity index (χ1n) is 5.37. The third kappa shape index (κ3) is 1.97. The average molecular weight is 216 g/mol. The Morgan fingerprint density at radius 3 is 2.38 bits per heavy atom. The summed E-state index contributed by atoms with van der Waals surface area (Å²) in [5.74, 6) is 1.82. The van der Waals surface area contributed by atoms with Crippen LogP contribution >= 0.6 is 0 Å². The predicted molar refractivity (Wildman–Crippen MR) is 63.9 cm³/mol. The summed E-state index contributed by atoms with van der Waals surface area (Å²) in [5, 5.41) is 8.19. The minimum atomic E-state index is 0.683. The molecule has 2 aromatic rings. The van der Waals surface area contributed by atoms with Crippen molar-refractivity contribution in [1.29, 1.82) is 0 Å². The third-order valence-electron chi connectivity index (χ3n) is 2.74. The van der Waals surface area contributed by atoms with Crippen LogP contribution in [0.3, 0.4) is 0 Å². The van der Waals surface area contributed by atoms with E-state index in [0.29, 0.717) is 6.54 Å². The van der Waals surface area contributed by atoms with Gasteiger partial charge in [-0.3, -0.25) is 0 Å². The standard InChI is InChI=1S/C12H16N4/c1-9-14-15-12(16(9)2)11-5-3-10(4-6-11)7-8-13/h3-6H,7-8,13H2,1-2H3. The minimum absolute atomic E-state index is 0.683. The summed E-state index contributed by atoms with van der Waals surface area (Å²) in [5.41, 5.74) is 7.85. The van der Waals surface area contributed by atoms with Gasteiger partial charge >= 0.3 is 0 Å². The van der Waals surface area contributed by atoms with Gasteiger partial charge in [-0.05, 0) is 25.5 Å². The van der Waals surface area contributed by atoms with E-state index >= 15 is 0 Å². The first kappa shape index (κ1) is 10.8. The Hall–Kier alpha value is -1.68. The number of aromatic nitrogens is 3. The normalized spacial score (nSPS) is 10.7. The molecule has 0 aliphatic rings. The highest BCUT2D eigenvalue weighted by Crippen LogP contribution is 2.17. The molecule has 0 radical (unpaired) electrons. The molecule has 2 N–H and O–H groups in total. The molecule has 0 aliphatic heterocycles. The maximum Gasteiger partial charge on any atom is 0.163 e. The monoisotopic (exact) mass is 216 g/mol. The number of aryl methyl sites for hydroxylation is 1. The Morgan fingerprint density at radius 2 is 1.88 bits per heavy atom. The van der Waals surface area contributed by atoms with Gasteiger partial charge in [-0.1, -0.05) is 24.3 Å². The number of nitrogens with zero attached hydrogens (tertiary/aromatic N) is 3. The van der Waals surface area contributed by atoms with Crippen molar-refractivity contribution in [3.63, 3.8) is 0 Å². The molecule has 0 amide bonds. The van der Waals surface area contributed by atoms with Crippen LogP contribution in [-0.2, 0) is 13.5 Å². The van der Waals surface area contributed by atoms with Gasteiger partial charge in [0.05, 0.1) is 0 Å². The summed E-state index contributed by atoms with van der Waals surface area (Å²) in [6.07, 6.45) is 0.915. The second kappa shape index (κ2) is 4.45. The maximum atomic E-state index is 5.51. The lowest BCUT2D eigenvalue weighted by molar-refractivity contribution is 0.864. The summed E-state index contributed by atoms with van der Waals surface area (Å²) in [4.78, 5) is 0. The topological polar surface area (TPSA) is 56.7 Å². The van der Waals surface area contributed by atoms with Crippen molar-refractivity contribution >= 4 is 0 Å². The van der Waals surface area contributed by atoms with Gasteiger partial charge in [0.1, 0.15) is 5.82 Å². The molecule has 0 aliphatic carbocycles. The fourth-order valence-electron chi connectivity index (χ4n) is 1.65. The summed E-state index contributed by atoms with van der Waals surface area (Å²) in [7, 11) is 1.97. The highest BCUT2D eigenvalue weighted by Gasteiger charge is 2.06. The average Bonchev–Trinajstić information content (AvgIpc) is 2.62. The number of rotatable bonds is 3. The van der Waals surface area contributed by atoms with Gasteiger partial charge in [-0.15, -0.1) is 10.2 Å². The zero-order chi connectivity index (χ0) is 11.5. The molecule has 0 atom stereocenters. The molecule has 0 saturated heterocycles. The van der Waals surface area contributed by atoms with Crippen LogP contribution in [0.5, 0.6) is 0 Å². The lowest BCUT2D eigenvalue weighted by atomic mass is 10.1. The van der Waals surface area contributed by atoms with Gasteiger partial charge in [0.2, 0.25) is 0 Å². The summed E-state index contributed by atoms with van der Waals surface area (Å²) in [6, 6.07) is 8.31. The van der Waals surface area contributed by atoms with E-state index in [4.69, 9.17) is 5.73 Å². The predicted octanol–water partition coefficient (Wildman–Crippen LogP) is 1.29. The first-order chi connectivity index (χ1) is 7.72. The SMILES string of the molecule is Cc1nnc(-c2ccc(CCN)cc2)n1C. The van der Waals surface area contributed by atoms with E-state index in [1.807, 2.05) is 18.5 Å². The van der Waals surface area contributed by atoms with Crippen molar-refractivity contribution in [3.8, 4) is 11.4 Å². The lowest BCUT2D eigenvalue weighted by Crippen LogP contribution is -2.02. The fraction of sp³-hybridized carbons (Fsp3) is 0.333. The van der Waals surface area contributed by atoms with Gasteiger partial charge < -0.3 is 10.3 Å². The number of benzene rings is 1. The van der Waals surface area contributed by atoms with Gasteiger partial charge in [-0.25, -0.2) is 0 Å². The van der Waals surface area contributed by atoms with Crippen molar-refractivity contribution in [2.45, 2.75) is 13.3 Å². The molecule has 0 bridgehead atoms. The number of nitrogens with two attached hydrogens (primary N) is 1. The van der Waals surface area contributed by atoms with Crippen molar-refractivity contribution in [1.82, 2.24) is 14.8 Å². The zero-order valence-electron chi connectivity index (χ0n) is 9.64. The third-order valence-corrected chi connectivity index (χ3v) is 2.74. The molecule has 0 saturated carbocycles. The lowest BCUT2D eigenvalue weighted by Gasteiger charge is -2.03. The summed E-state index contributed by atoms with van der Waals surface area (Å²) in [6.45, 7) is 2.63. The van der Waals surface area contributed by atoms with E-state index in [1.54, 1.807) is 0 Å². The van der Waals surface area contributed by atoms with Crippen LogP contribution in [0.4, 0.5) is 0 Å². The molecular weight excluding hydrogens is 200 g/mol. The van der Waals surface area contributed by atoms with Crippen LogP contribution in [0.1, 0.15) is 11.4 Å². The quantitative estimate of drug-likeness (QED) is 0.841. The highest BCUT2D eigenvalue weighted by molar-refractivity contribution is 5.55. The molecular formula is C12H16N4. The molecule has 1 aromatic heterocycles. The smallest absolute Gasteiger partial charge is 0.163 e. The molecule has 0 unspecified atom stereocenters. The Labute approximate surface area is 95.1 Å². The molecule has 84 valence electrons. The van der Waals surface area contributed by atoms with Crippen molar-refractivity contribution in [3.05, 3.63) is 35.7 Å². The maximum absolute atomic E-state index is 5.51.